The molecule has 0 bridgehead atoms. The number of aromatic hydroxyl groups is 1. The normalized spacial score (nSPS) is 15.7. The highest BCUT2D eigenvalue weighted by atomic mass is 16.5. The van der Waals surface area contributed by atoms with E-state index < -0.39 is 23.8 Å². The van der Waals surface area contributed by atoms with E-state index in [-0.39, 0.29) is 28.1 Å². The first-order chi connectivity index (χ1) is 12.9. The van der Waals surface area contributed by atoms with Crippen molar-refractivity contribution in [2.24, 2.45) is 0 Å². The Balaban J connectivity index is 1.98. The molecule has 1 aliphatic rings. The molecule has 0 radical (unpaired) electrons. The number of rotatable bonds is 3. The maximum Gasteiger partial charge on any atom is 0.337 e. The molecule has 8 nitrogen and oxygen atoms in total. The van der Waals surface area contributed by atoms with E-state index in [9.17, 15) is 24.3 Å². The molecule has 1 saturated heterocycles. The number of barbiturate groups is 1. The standard InChI is InChI=1S/C19H14N2O6/c1-27-18(25)11-6-8-13(9-7-11)21-17(24)14(16(23)20-19(21)26)10-12-4-2-3-5-15(12)22/h2-10,22H,1H3,(H,20,23,26)/b14-10+. The fourth-order valence-corrected chi connectivity index (χ4v) is 2.52. The number of benzene rings is 2. The van der Waals surface area contributed by atoms with E-state index in [0.717, 1.165) is 4.90 Å². The van der Waals surface area contributed by atoms with Gasteiger partial charge in [-0.25, -0.2) is 14.5 Å². The van der Waals surface area contributed by atoms with Crippen molar-refractivity contribution >= 4 is 35.6 Å². The van der Waals surface area contributed by atoms with Gasteiger partial charge in [-0.3, -0.25) is 14.9 Å². The highest BCUT2D eigenvalue weighted by Crippen LogP contribution is 2.25. The minimum Gasteiger partial charge on any atom is -0.507 e. The van der Waals surface area contributed by atoms with Gasteiger partial charge in [0.2, 0.25) is 0 Å². The second-order valence-electron chi connectivity index (χ2n) is 5.56. The topological polar surface area (TPSA) is 113 Å². The Morgan fingerprint density at radius 2 is 1.74 bits per heavy atom. The van der Waals surface area contributed by atoms with Crippen molar-refractivity contribution in [1.82, 2.24) is 5.32 Å². The van der Waals surface area contributed by atoms with Crippen LogP contribution in [0.1, 0.15) is 15.9 Å². The van der Waals surface area contributed by atoms with Crippen molar-refractivity contribution < 1.29 is 29.0 Å². The Labute approximate surface area is 153 Å². The molecule has 0 saturated carbocycles. The number of nitrogens with one attached hydrogen (secondary N) is 1. The lowest BCUT2D eigenvalue weighted by molar-refractivity contribution is -0.122. The zero-order chi connectivity index (χ0) is 19.6. The fourth-order valence-electron chi connectivity index (χ4n) is 2.52. The predicted molar refractivity (Wildman–Crippen MR) is 94.9 cm³/mol. The quantitative estimate of drug-likeness (QED) is 0.487. The first-order valence-corrected chi connectivity index (χ1v) is 7.80. The van der Waals surface area contributed by atoms with Crippen molar-refractivity contribution in [3.05, 3.63) is 65.2 Å². The molecule has 2 N–H and O–H groups in total. The second-order valence-corrected chi connectivity index (χ2v) is 5.56. The van der Waals surface area contributed by atoms with E-state index >= 15 is 0 Å². The number of hydrogen-bond acceptors (Lipinski definition) is 6. The van der Waals surface area contributed by atoms with Crippen LogP contribution < -0.4 is 10.2 Å². The largest absolute Gasteiger partial charge is 0.507 e. The van der Waals surface area contributed by atoms with Crippen molar-refractivity contribution in [3.8, 4) is 5.75 Å². The third kappa shape index (κ3) is 3.40. The Bertz CT molecular complexity index is 978. The number of carbonyl (C=O) groups is 4. The number of hydrogen-bond donors (Lipinski definition) is 2. The fraction of sp³-hybridized carbons (Fsp3) is 0.0526. The van der Waals surface area contributed by atoms with Crippen molar-refractivity contribution in [2.45, 2.75) is 0 Å². The van der Waals surface area contributed by atoms with Gasteiger partial charge in [0.05, 0.1) is 18.4 Å². The molecule has 2 aromatic rings. The van der Waals surface area contributed by atoms with E-state index in [4.69, 9.17) is 0 Å². The molecular formula is C19H14N2O6. The molecule has 0 unspecified atom stereocenters. The van der Waals surface area contributed by atoms with E-state index in [1.165, 1.54) is 49.6 Å². The van der Waals surface area contributed by atoms with Crippen LogP contribution in [0.4, 0.5) is 10.5 Å². The summed E-state index contributed by atoms with van der Waals surface area (Å²) in [7, 11) is 1.24. The number of phenolic OH excluding ortho intramolecular Hbond substituents is 1. The smallest absolute Gasteiger partial charge is 0.337 e. The molecule has 4 amide bonds. The van der Waals surface area contributed by atoms with Gasteiger partial charge in [0.25, 0.3) is 11.8 Å². The Hall–Kier alpha value is -3.94. The molecule has 0 atom stereocenters. The lowest BCUT2D eigenvalue weighted by Crippen LogP contribution is -2.54. The van der Waals surface area contributed by atoms with E-state index in [2.05, 4.69) is 10.1 Å². The monoisotopic (exact) mass is 366 g/mol. The van der Waals surface area contributed by atoms with Crippen LogP contribution in [-0.2, 0) is 14.3 Å². The lowest BCUT2D eigenvalue weighted by atomic mass is 10.1. The Morgan fingerprint density at radius 1 is 1.07 bits per heavy atom. The number of amides is 4. The highest BCUT2D eigenvalue weighted by molar-refractivity contribution is 6.39. The summed E-state index contributed by atoms with van der Waals surface area (Å²) in [5.74, 6) is -2.39. The van der Waals surface area contributed by atoms with Gasteiger partial charge in [-0.05, 0) is 36.4 Å². The summed E-state index contributed by atoms with van der Waals surface area (Å²) in [6.07, 6.45) is 1.20. The molecule has 0 spiro atoms. The number of phenols is 1. The van der Waals surface area contributed by atoms with Gasteiger partial charge in [-0.1, -0.05) is 18.2 Å². The van der Waals surface area contributed by atoms with Crippen LogP contribution in [0.15, 0.2) is 54.1 Å². The van der Waals surface area contributed by atoms with Crippen LogP contribution in [0.2, 0.25) is 0 Å². The van der Waals surface area contributed by atoms with Gasteiger partial charge >= 0.3 is 12.0 Å². The van der Waals surface area contributed by atoms with Gasteiger partial charge in [-0.2, -0.15) is 0 Å². The minimum absolute atomic E-state index is 0.114. The van der Waals surface area contributed by atoms with E-state index in [1.807, 2.05) is 0 Å². The number of methoxy groups -OCH3 is 1. The molecule has 0 aliphatic carbocycles. The number of urea groups is 1. The molecule has 2 aromatic carbocycles. The molecule has 136 valence electrons. The maximum atomic E-state index is 12.7. The first kappa shape index (κ1) is 17.9. The Morgan fingerprint density at radius 3 is 2.37 bits per heavy atom. The predicted octanol–water partition coefficient (Wildman–Crippen LogP) is 1.85. The van der Waals surface area contributed by atoms with Crippen LogP contribution in [-0.4, -0.2) is 36.0 Å². The molecule has 1 fully saturated rings. The van der Waals surface area contributed by atoms with Gasteiger partial charge in [0.15, 0.2) is 0 Å². The number of imide groups is 2. The lowest BCUT2D eigenvalue weighted by Gasteiger charge is -2.26. The maximum absolute atomic E-state index is 12.7. The molecule has 3 rings (SSSR count). The summed E-state index contributed by atoms with van der Waals surface area (Å²) in [5.41, 5.74) is 0.354. The molecule has 27 heavy (non-hydrogen) atoms. The summed E-state index contributed by atoms with van der Waals surface area (Å²) in [6, 6.07) is 10.8. The molecule has 0 aromatic heterocycles. The van der Waals surface area contributed by atoms with E-state index in [0.29, 0.717) is 0 Å². The highest BCUT2D eigenvalue weighted by Gasteiger charge is 2.37. The van der Waals surface area contributed by atoms with Crippen LogP contribution in [0.3, 0.4) is 0 Å². The number of anilines is 1. The summed E-state index contributed by atoms with van der Waals surface area (Å²) < 4.78 is 4.60. The van der Waals surface area contributed by atoms with Crippen LogP contribution in [0.5, 0.6) is 5.75 Å². The number of para-hydroxylation sites is 1. The van der Waals surface area contributed by atoms with Crippen LogP contribution >= 0.6 is 0 Å². The summed E-state index contributed by atoms with van der Waals surface area (Å²) in [6.45, 7) is 0. The van der Waals surface area contributed by atoms with Gasteiger partial charge in [-0.15, -0.1) is 0 Å². The van der Waals surface area contributed by atoms with Crippen LogP contribution in [0.25, 0.3) is 6.08 Å². The summed E-state index contributed by atoms with van der Waals surface area (Å²) in [4.78, 5) is 49.3. The summed E-state index contributed by atoms with van der Waals surface area (Å²) >= 11 is 0. The average molecular weight is 366 g/mol. The molecular weight excluding hydrogens is 352 g/mol. The Kier molecular flexibility index (Phi) is 4.71. The van der Waals surface area contributed by atoms with Crippen molar-refractivity contribution in [1.29, 1.82) is 0 Å². The molecule has 8 heteroatoms. The number of nitrogens with zero attached hydrogens (tertiary/aromatic N) is 1. The van der Waals surface area contributed by atoms with Gasteiger partial charge in [0.1, 0.15) is 11.3 Å². The second kappa shape index (κ2) is 7.12. The zero-order valence-corrected chi connectivity index (χ0v) is 14.1. The van der Waals surface area contributed by atoms with Crippen molar-refractivity contribution in [2.75, 3.05) is 12.0 Å². The van der Waals surface area contributed by atoms with Crippen LogP contribution in [0, 0.1) is 0 Å². The number of carbonyl (C=O) groups excluding carboxylic acids is 4. The van der Waals surface area contributed by atoms with Crippen molar-refractivity contribution in [3.63, 3.8) is 0 Å². The minimum atomic E-state index is -0.912. The SMILES string of the molecule is COC(=O)c1ccc(N2C(=O)NC(=O)/C(=C\c3ccccc3O)C2=O)cc1. The van der Waals surface area contributed by atoms with Gasteiger partial charge < -0.3 is 9.84 Å². The average Bonchev–Trinajstić information content (AvgIpc) is 2.66. The van der Waals surface area contributed by atoms with E-state index in [1.54, 1.807) is 12.1 Å². The first-order valence-electron chi connectivity index (χ1n) is 7.80. The third-order valence-electron chi connectivity index (χ3n) is 3.88. The third-order valence-corrected chi connectivity index (χ3v) is 3.88. The van der Waals surface area contributed by atoms with Gasteiger partial charge in [0, 0.05) is 5.56 Å². The zero-order valence-electron chi connectivity index (χ0n) is 14.1. The summed E-state index contributed by atoms with van der Waals surface area (Å²) in [5, 5.41) is 11.9. The molecule has 1 heterocycles. The number of ether oxygens (including phenoxy) is 1. The molecule has 1 aliphatic heterocycles. The number of esters is 1.